The summed E-state index contributed by atoms with van der Waals surface area (Å²) in [6.07, 6.45) is 4.24. The molecule has 0 rings (SSSR count). The van der Waals surface area contributed by atoms with E-state index in [0.717, 1.165) is 5.92 Å². The van der Waals surface area contributed by atoms with Gasteiger partial charge in [0.15, 0.2) is 0 Å². The molecule has 0 bridgehead atoms. The molecule has 0 heterocycles. The molecular weight excluding hydrogens is 128 g/mol. The second kappa shape index (κ2) is 11.5. The lowest BCUT2D eigenvalue weighted by Crippen LogP contribution is -1.85. The second-order valence-corrected chi connectivity index (χ2v) is 2.22. The molecule has 0 aliphatic rings. The summed E-state index contributed by atoms with van der Waals surface area (Å²) in [6, 6.07) is 0. The minimum atomic E-state index is -0.125. The number of allylic oxidation sites excluding steroid dienone is 2. The molecule has 0 amide bonds. The van der Waals surface area contributed by atoms with Gasteiger partial charge in [0, 0.05) is 0 Å². The Hall–Kier alpha value is -0.340. The van der Waals surface area contributed by atoms with Crippen LogP contribution >= 0.6 is 0 Å². The molecule has 0 unspecified atom stereocenters. The van der Waals surface area contributed by atoms with Crippen molar-refractivity contribution in [3.05, 3.63) is 12.2 Å². The minimum Gasteiger partial charge on any atom is -0.394 e. The summed E-state index contributed by atoms with van der Waals surface area (Å²) in [5.74, 6) is 0.718. The molecule has 0 aromatic heterocycles. The van der Waals surface area contributed by atoms with Crippen molar-refractivity contribution in [3.63, 3.8) is 0 Å². The number of aliphatic hydroxyl groups is 2. The molecule has 0 aliphatic carbocycles. The average molecular weight is 146 g/mol. The minimum absolute atomic E-state index is 0.125. The maximum absolute atomic E-state index is 7.62. The molecule has 2 heteroatoms. The van der Waals surface area contributed by atoms with E-state index >= 15 is 0 Å². The highest BCUT2D eigenvalue weighted by Crippen LogP contribution is 1.90. The Labute approximate surface area is 63.2 Å². The zero-order valence-corrected chi connectivity index (χ0v) is 7.04. The summed E-state index contributed by atoms with van der Waals surface area (Å²) in [5, 5.41) is 15.2. The Balaban J connectivity index is 0. The van der Waals surface area contributed by atoms with Gasteiger partial charge in [-0.15, -0.1) is 0 Å². The predicted octanol–water partition coefficient (Wildman–Crippen LogP) is 1.19. The average Bonchev–Trinajstić information content (AvgIpc) is 1.89. The van der Waals surface area contributed by atoms with Crippen molar-refractivity contribution in [2.75, 3.05) is 13.2 Å². The van der Waals surface area contributed by atoms with Crippen LogP contribution in [0.25, 0.3) is 0 Å². The number of aliphatic hydroxyl groups excluding tert-OH is 2. The largest absolute Gasteiger partial charge is 0.394 e. The van der Waals surface area contributed by atoms with Crippen LogP contribution in [0.15, 0.2) is 12.2 Å². The number of hydrogen-bond acceptors (Lipinski definition) is 2. The van der Waals surface area contributed by atoms with Crippen LogP contribution in [0.3, 0.4) is 0 Å². The molecular formula is C8H18O2. The quantitative estimate of drug-likeness (QED) is 0.574. The highest BCUT2D eigenvalue weighted by atomic mass is 16.3. The molecule has 10 heavy (non-hydrogen) atoms. The van der Waals surface area contributed by atoms with Crippen LogP contribution in [0.1, 0.15) is 20.8 Å². The highest BCUT2D eigenvalue weighted by Gasteiger charge is 1.76. The van der Waals surface area contributed by atoms with Crippen LogP contribution in [0.2, 0.25) is 0 Å². The van der Waals surface area contributed by atoms with E-state index < -0.39 is 0 Å². The van der Waals surface area contributed by atoms with E-state index in [1.54, 1.807) is 0 Å². The van der Waals surface area contributed by atoms with E-state index in [9.17, 15) is 0 Å². The molecule has 2 N–H and O–H groups in total. The molecule has 0 saturated carbocycles. The SMILES string of the molecule is C/C=C/C(C)C.OCCO. The Morgan fingerprint density at radius 2 is 1.60 bits per heavy atom. The summed E-state index contributed by atoms with van der Waals surface area (Å²) in [5.41, 5.74) is 0. The molecule has 0 fully saturated rings. The van der Waals surface area contributed by atoms with Gasteiger partial charge in [-0.25, -0.2) is 0 Å². The van der Waals surface area contributed by atoms with Crippen molar-refractivity contribution >= 4 is 0 Å². The van der Waals surface area contributed by atoms with E-state index in [2.05, 4.69) is 26.0 Å². The molecule has 0 saturated heterocycles. The van der Waals surface area contributed by atoms with E-state index in [0.29, 0.717) is 0 Å². The summed E-state index contributed by atoms with van der Waals surface area (Å²) in [7, 11) is 0. The lowest BCUT2D eigenvalue weighted by atomic mass is 10.2. The smallest absolute Gasteiger partial charge is 0.0662 e. The molecule has 0 aliphatic heterocycles. The lowest BCUT2D eigenvalue weighted by molar-refractivity contribution is 0.186. The normalized spacial score (nSPS) is 9.80. The van der Waals surface area contributed by atoms with Gasteiger partial charge in [0.1, 0.15) is 0 Å². The molecule has 0 radical (unpaired) electrons. The van der Waals surface area contributed by atoms with Crippen LogP contribution in [0.4, 0.5) is 0 Å². The zero-order valence-electron chi connectivity index (χ0n) is 7.04. The van der Waals surface area contributed by atoms with Gasteiger partial charge in [-0.3, -0.25) is 0 Å². The van der Waals surface area contributed by atoms with Crippen molar-refractivity contribution < 1.29 is 10.2 Å². The number of rotatable bonds is 2. The first kappa shape index (κ1) is 12.3. The lowest BCUT2D eigenvalue weighted by Gasteiger charge is -1.86. The molecule has 0 atom stereocenters. The number of hydrogen-bond donors (Lipinski definition) is 2. The summed E-state index contributed by atoms with van der Waals surface area (Å²) < 4.78 is 0. The summed E-state index contributed by atoms with van der Waals surface area (Å²) >= 11 is 0. The molecule has 0 aromatic rings. The predicted molar refractivity (Wildman–Crippen MR) is 43.8 cm³/mol. The Morgan fingerprint density at radius 1 is 1.20 bits per heavy atom. The van der Waals surface area contributed by atoms with Gasteiger partial charge in [0.25, 0.3) is 0 Å². The highest BCUT2D eigenvalue weighted by molar-refractivity contribution is 4.79. The van der Waals surface area contributed by atoms with Crippen molar-refractivity contribution in [2.45, 2.75) is 20.8 Å². The van der Waals surface area contributed by atoms with Gasteiger partial charge in [0.2, 0.25) is 0 Å². The van der Waals surface area contributed by atoms with Gasteiger partial charge >= 0.3 is 0 Å². The van der Waals surface area contributed by atoms with E-state index in [4.69, 9.17) is 10.2 Å². The third-order valence-corrected chi connectivity index (χ3v) is 0.677. The second-order valence-electron chi connectivity index (χ2n) is 2.22. The first-order valence-corrected chi connectivity index (χ1v) is 3.53. The third kappa shape index (κ3) is 25.4. The Morgan fingerprint density at radius 3 is 1.60 bits per heavy atom. The van der Waals surface area contributed by atoms with Gasteiger partial charge < -0.3 is 10.2 Å². The topological polar surface area (TPSA) is 40.5 Å². The Bertz CT molecular complexity index is 65.7. The van der Waals surface area contributed by atoms with Crippen LogP contribution in [-0.2, 0) is 0 Å². The van der Waals surface area contributed by atoms with Crippen molar-refractivity contribution in [1.29, 1.82) is 0 Å². The van der Waals surface area contributed by atoms with Crippen molar-refractivity contribution in [3.8, 4) is 0 Å². The third-order valence-electron chi connectivity index (χ3n) is 0.677. The zero-order chi connectivity index (χ0) is 8.41. The van der Waals surface area contributed by atoms with E-state index in [1.807, 2.05) is 6.92 Å². The van der Waals surface area contributed by atoms with Gasteiger partial charge in [-0.2, -0.15) is 0 Å². The van der Waals surface area contributed by atoms with Crippen molar-refractivity contribution in [2.24, 2.45) is 5.92 Å². The maximum atomic E-state index is 7.62. The van der Waals surface area contributed by atoms with Gasteiger partial charge in [0.05, 0.1) is 13.2 Å². The fourth-order valence-corrected chi connectivity index (χ4v) is 0.385. The molecule has 0 aromatic carbocycles. The van der Waals surface area contributed by atoms with Crippen LogP contribution in [0, 0.1) is 5.92 Å². The monoisotopic (exact) mass is 146 g/mol. The van der Waals surface area contributed by atoms with E-state index in [1.165, 1.54) is 0 Å². The fraction of sp³-hybridized carbons (Fsp3) is 0.750. The van der Waals surface area contributed by atoms with E-state index in [-0.39, 0.29) is 13.2 Å². The Kier molecular flexibility index (Phi) is 14.1. The summed E-state index contributed by atoms with van der Waals surface area (Å²) in [4.78, 5) is 0. The van der Waals surface area contributed by atoms with Gasteiger partial charge in [-0.05, 0) is 12.8 Å². The van der Waals surface area contributed by atoms with Crippen LogP contribution in [0.5, 0.6) is 0 Å². The molecule has 62 valence electrons. The fourth-order valence-electron chi connectivity index (χ4n) is 0.385. The van der Waals surface area contributed by atoms with Gasteiger partial charge in [-0.1, -0.05) is 26.0 Å². The first-order valence-electron chi connectivity index (χ1n) is 3.53. The standard InChI is InChI=1S/C6H12.C2H6O2/c1-4-5-6(2)3;3-1-2-4/h4-6H,1-3H3;3-4H,1-2H2/b5-4+;. The maximum Gasteiger partial charge on any atom is 0.0662 e. The summed E-state index contributed by atoms with van der Waals surface area (Å²) in [6.45, 7) is 6.12. The first-order chi connectivity index (χ1) is 4.68. The van der Waals surface area contributed by atoms with Crippen LogP contribution < -0.4 is 0 Å². The molecule has 0 spiro atoms. The van der Waals surface area contributed by atoms with Crippen molar-refractivity contribution in [1.82, 2.24) is 0 Å². The van der Waals surface area contributed by atoms with Crippen LogP contribution in [-0.4, -0.2) is 23.4 Å². The molecule has 2 nitrogen and oxygen atoms in total.